The molecule has 3 aromatic rings. The van der Waals surface area contributed by atoms with E-state index in [1.807, 2.05) is 42.5 Å². The molecule has 2 amide bonds. The van der Waals surface area contributed by atoms with E-state index in [1.165, 1.54) is 5.56 Å². The summed E-state index contributed by atoms with van der Waals surface area (Å²) in [6, 6.07) is 15.8. The van der Waals surface area contributed by atoms with Crippen LogP contribution in [0.1, 0.15) is 40.4 Å². The number of benzene rings is 2. The molecule has 0 saturated carbocycles. The number of nitrogens with two attached hydrogens (primary N) is 1. The first-order valence-electron chi connectivity index (χ1n) is 8.84. The van der Waals surface area contributed by atoms with Gasteiger partial charge in [0.1, 0.15) is 5.82 Å². The highest BCUT2D eigenvalue weighted by molar-refractivity contribution is 9.10. The monoisotopic (exact) mass is 441 g/mol. The van der Waals surface area contributed by atoms with Crippen molar-refractivity contribution >= 4 is 33.4 Å². The summed E-state index contributed by atoms with van der Waals surface area (Å²) in [7, 11) is 0. The van der Waals surface area contributed by atoms with Gasteiger partial charge in [0.25, 0.3) is 5.91 Å². The smallest absolute Gasteiger partial charge is 0.288 e. The zero-order chi connectivity index (χ0) is 19.9. The van der Waals surface area contributed by atoms with Crippen molar-refractivity contribution in [3.05, 3.63) is 75.8 Å². The number of aryl methyl sites for hydroxylation is 1. The van der Waals surface area contributed by atoms with Crippen molar-refractivity contribution in [2.45, 2.75) is 25.7 Å². The van der Waals surface area contributed by atoms with Gasteiger partial charge in [-0.25, -0.2) is 4.98 Å². The zero-order valence-electron chi connectivity index (χ0n) is 15.1. The van der Waals surface area contributed by atoms with E-state index in [0.29, 0.717) is 18.7 Å². The van der Waals surface area contributed by atoms with Crippen molar-refractivity contribution in [3.63, 3.8) is 0 Å². The number of nitrogens with one attached hydrogen (secondary N) is 2. The number of primary amides is 1. The number of anilines is 1. The number of nitrogens with zero attached hydrogens (tertiary/aromatic N) is 2. The fourth-order valence-electron chi connectivity index (χ4n) is 2.82. The van der Waals surface area contributed by atoms with E-state index in [2.05, 4.69) is 42.5 Å². The molecule has 4 N–H and O–H groups in total. The molecule has 0 fully saturated rings. The van der Waals surface area contributed by atoms with Crippen molar-refractivity contribution < 1.29 is 9.59 Å². The molecular formula is C20H20BrN5O2. The number of amides is 2. The number of carbonyl (C=O) groups is 2. The van der Waals surface area contributed by atoms with Gasteiger partial charge < -0.3 is 11.1 Å². The van der Waals surface area contributed by atoms with Gasteiger partial charge in [0.2, 0.25) is 11.7 Å². The van der Waals surface area contributed by atoms with Crippen LogP contribution in [0.15, 0.2) is 53.0 Å². The summed E-state index contributed by atoms with van der Waals surface area (Å²) in [5.41, 5.74) is 8.32. The average molecular weight is 442 g/mol. The number of carbonyl (C=O) groups excluding carboxylic acids is 2. The Morgan fingerprint density at radius 1 is 1.14 bits per heavy atom. The molecule has 2 heterocycles. The number of rotatable bonds is 3. The molecule has 1 aromatic heterocycles. The largest absolute Gasteiger partial charge is 0.363 e. The molecule has 4 rings (SSSR count). The van der Waals surface area contributed by atoms with Gasteiger partial charge >= 0.3 is 0 Å². The second kappa shape index (κ2) is 9.27. The van der Waals surface area contributed by atoms with E-state index < -0.39 is 5.91 Å². The van der Waals surface area contributed by atoms with E-state index in [-0.39, 0.29) is 11.7 Å². The average Bonchev–Trinajstić information content (AvgIpc) is 3.06. The van der Waals surface area contributed by atoms with Gasteiger partial charge in [0.15, 0.2) is 0 Å². The van der Waals surface area contributed by atoms with Crippen LogP contribution in [0.4, 0.5) is 5.69 Å². The van der Waals surface area contributed by atoms with E-state index in [1.54, 1.807) is 0 Å². The molecule has 28 heavy (non-hydrogen) atoms. The normalized spacial score (nSPS) is 12.8. The quantitative estimate of drug-likeness (QED) is 0.578. The number of aromatic nitrogens is 3. The first kappa shape index (κ1) is 19.8. The Bertz CT molecular complexity index is 972. The Hall–Kier alpha value is -3.00. The predicted molar refractivity (Wildman–Crippen MR) is 110 cm³/mol. The predicted octanol–water partition coefficient (Wildman–Crippen LogP) is 3.22. The van der Waals surface area contributed by atoms with Crippen molar-refractivity contribution in [1.29, 1.82) is 0 Å². The number of hydrogen-bond acceptors (Lipinski definition) is 4. The summed E-state index contributed by atoms with van der Waals surface area (Å²) >= 11 is 3.42. The zero-order valence-corrected chi connectivity index (χ0v) is 16.7. The van der Waals surface area contributed by atoms with E-state index in [9.17, 15) is 9.59 Å². The highest BCUT2D eigenvalue weighted by Crippen LogP contribution is 2.25. The van der Waals surface area contributed by atoms with Crippen LogP contribution in [-0.2, 0) is 17.6 Å². The van der Waals surface area contributed by atoms with Gasteiger partial charge in [0, 0.05) is 23.0 Å². The SMILES string of the molecule is NC(=O)c1n[nH]c(Cc2ccccc2)n1.O=C1CCCc2cc(Br)ccc2N1. The maximum Gasteiger partial charge on any atom is 0.288 e. The van der Waals surface area contributed by atoms with Crippen molar-refractivity contribution in [1.82, 2.24) is 15.2 Å². The molecule has 1 aliphatic rings. The minimum atomic E-state index is -0.620. The van der Waals surface area contributed by atoms with Crippen LogP contribution in [0, 0.1) is 0 Å². The lowest BCUT2D eigenvalue weighted by Crippen LogP contribution is -2.12. The maximum absolute atomic E-state index is 11.2. The number of fused-ring (bicyclic) bond motifs is 1. The topological polar surface area (TPSA) is 114 Å². The van der Waals surface area contributed by atoms with E-state index in [4.69, 9.17) is 5.73 Å². The fraction of sp³-hybridized carbons (Fsp3) is 0.200. The Labute approximate surface area is 170 Å². The van der Waals surface area contributed by atoms with Crippen molar-refractivity contribution in [2.24, 2.45) is 5.73 Å². The lowest BCUT2D eigenvalue weighted by Gasteiger charge is -2.05. The highest BCUT2D eigenvalue weighted by atomic mass is 79.9. The van der Waals surface area contributed by atoms with E-state index in [0.717, 1.165) is 28.6 Å². The summed E-state index contributed by atoms with van der Waals surface area (Å²) in [6.07, 6.45) is 3.16. The first-order chi connectivity index (χ1) is 13.5. The number of aromatic amines is 1. The minimum absolute atomic E-state index is 0.0286. The molecular weight excluding hydrogens is 422 g/mol. The Kier molecular flexibility index (Phi) is 6.54. The van der Waals surface area contributed by atoms with Crippen LogP contribution in [0.2, 0.25) is 0 Å². The summed E-state index contributed by atoms with van der Waals surface area (Å²) in [6.45, 7) is 0. The van der Waals surface area contributed by atoms with Gasteiger partial charge in [-0.3, -0.25) is 14.7 Å². The molecule has 144 valence electrons. The van der Waals surface area contributed by atoms with Gasteiger partial charge in [-0.2, -0.15) is 0 Å². The molecule has 2 aromatic carbocycles. The van der Waals surface area contributed by atoms with Gasteiger partial charge in [0.05, 0.1) is 0 Å². The summed E-state index contributed by atoms with van der Waals surface area (Å²) in [5.74, 6) is 0.169. The minimum Gasteiger partial charge on any atom is -0.363 e. The molecule has 0 bridgehead atoms. The number of halogens is 1. The molecule has 0 saturated heterocycles. The molecule has 0 aliphatic carbocycles. The second-order valence-electron chi connectivity index (χ2n) is 6.34. The first-order valence-corrected chi connectivity index (χ1v) is 9.64. The van der Waals surface area contributed by atoms with Crippen LogP contribution < -0.4 is 11.1 Å². The van der Waals surface area contributed by atoms with Crippen LogP contribution >= 0.6 is 15.9 Å². The maximum atomic E-state index is 11.2. The molecule has 0 radical (unpaired) electrons. The third kappa shape index (κ3) is 5.50. The van der Waals surface area contributed by atoms with Crippen LogP contribution in [0.25, 0.3) is 0 Å². The van der Waals surface area contributed by atoms with Gasteiger partial charge in [-0.15, -0.1) is 5.10 Å². The Morgan fingerprint density at radius 2 is 1.93 bits per heavy atom. The third-order valence-electron chi connectivity index (χ3n) is 4.16. The molecule has 1 aliphatic heterocycles. The van der Waals surface area contributed by atoms with Crippen LogP contribution in [-0.4, -0.2) is 27.0 Å². The molecule has 7 nitrogen and oxygen atoms in total. The second-order valence-corrected chi connectivity index (χ2v) is 7.25. The van der Waals surface area contributed by atoms with Crippen molar-refractivity contribution in [3.8, 4) is 0 Å². The van der Waals surface area contributed by atoms with Crippen molar-refractivity contribution in [2.75, 3.05) is 5.32 Å². The summed E-state index contributed by atoms with van der Waals surface area (Å²) in [5, 5.41) is 9.26. The summed E-state index contributed by atoms with van der Waals surface area (Å²) in [4.78, 5) is 25.9. The summed E-state index contributed by atoms with van der Waals surface area (Å²) < 4.78 is 1.07. The van der Waals surface area contributed by atoms with Gasteiger partial charge in [-0.1, -0.05) is 46.3 Å². The molecule has 8 heteroatoms. The fourth-order valence-corrected chi connectivity index (χ4v) is 3.23. The van der Waals surface area contributed by atoms with Gasteiger partial charge in [-0.05, 0) is 42.2 Å². The third-order valence-corrected chi connectivity index (χ3v) is 4.65. The molecule has 0 unspecified atom stereocenters. The Morgan fingerprint density at radius 3 is 2.64 bits per heavy atom. The lowest BCUT2D eigenvalue weighted by atomic mass is 10.1. The van der Waals surface area contributed by atoms with Crippen LogP contribution in [0.3, 0.4) is 0 Å². The van der Waals surface area contributed by atoms with E-state index >= 15 is 0 Å². The molecule has 0 spiro atoms. The number of H-pyrrole nitrogens is 1. The molecule has 0 atom stereocenters. The standard InChI is InChI=1S/C10H10BrNO.C10H10N4O/c11-8-4-5-9-7(6-8)2-1-3-10(13)12-9;11-9(15)10-12-8(13-14-10)6-7-4-2-1-3-5-7/h4-6H,1-3H2,(H,12,13);1-5H,6H2,(H2,11,15)(H,12,13,14). The Balaban J connectivity index is 0.000000162. The lowest BCUT2D eigenvalue weighted by molar-refractivity contribution is -0.116. The number of hydrogen-bond donors (Lipinski definition) is 3. The highest BCUT2D eigenvalue weighted by Gasteiger charge is 2.12. The van der Waals surface area contributed by atoms with Crippen LogP contribution in [0.5, 0.6) is 0 Å².